The van der Waals surface area contributed by atoms with Gasteiger partial charge in [0.2, 0.25) is 0 Å². The fourth-order valence-corrected chi connectivity index (χ4v) is 8.19. The van der Waals surface area contributed by atoms with Crippen LogP contribution in [0.1, 0.15) is 52.9 Å². The zero-order valence-electron chi connectivity index (χ0n) is 19.3. The third kappa shape index (κ3) is 2.91. The Hall–Kier alpha value is -2.25. The number of aliphatic carboxylic acids is 2. The van der Waals surface area contributed by atoms with Gasteiger partial charge in [-0.25, -0.2) is 4.79 Å². The van der Waals surface area contributed by atoms with Crippen molar-refractivity contribution in [3.63, 3.8) is 0 Å². The molecule has 1 saturated heterocycles. The second-order valence-electron chi connectivity index (χ2n) is 11.2. The van der Waals surface area contributed by atoms with Gasteiger partial charge < -0.3 is 20.1 Å². The Morgan fingerprint density at radius 1 is 1.18 bits per heavy atom. The molecule has 1 spiro atoms. The summed E-state index contributed by atoms with van der Waals surface area (Å²) in [6, 6.07) is 0. The highest BCUT2D eigenvalue weighted by atomic mass is 16.6. The molecule has 0 aromatic rings. The molecule has 7 nitrogen and oxygen atoms in total. The molecule has 9 atom stereocenters. The lowest BCUT2D eigenvalue weighted by Crippen LogP contribution is -2.56. The Morgan fingerprint density at radius 3 is 2.58 bits per heavy atom. The Bertz CT molecular complexity index is 1020. The average Bonchev–Trinajstić information content (AvgIpc) is 3.39. The summed E-state index contributed by atoms with van der Waals surface area (Å²) < 4.78 is 6.54. The van der Waals surface area contributed by atoms with Crippen molar-refractivity contribution >= 4 is 17.7 Å². The summed E-state index contributed by atoms with van der Waals surface area (Å²) >= 11 is 0. The number of aliphatic hydroxyl groups excluding tert-OH is 1. The van der Waals surface area contributed by atoms with Gasteiger partial charge in [-0.15, -0.1) is 0 Å². The number of hydrogen-bond donors (Lipinski definition) is 3. The quantitative estimate of drug-likeness (QED) is 0.525. The number of carbonyl (C=O) groups is 3. The molecule has 178 valence electrons. The number of carboxylic acid groups (broad SMARTS) is 2. The highest BCUT2D eigenvalue weighted by Crippen LogP contribution is 2.75. The summed E-state index contributed by atoms with van der Waals surface area (Å²) in [5.74, 6) is -1.56. The van der Waals surface area contributed by atoms with Gasteiger partial charge in [-0.2, -0.15) is 0 Å². The smallest absolute Gasteiger partial charge is 0.337 e. The Labute approximate surface area is 193 Å². The second kappa shape index (κ2) is 7.12. The van der Waals surface area contributed by atoms with Crippen LogP contribution in [-0.2, 0) is 19.1 Å². The summed E-state index contributed by atoms with van der Waals surface area (Å²) in [7, 11) is 0. The number of rotatable bonds is 6. The maximum Gasteiger partial charge on any atom is 0.337 e. The summed E-state index contributed by atoms with van der Waals surface area (Å²) in [4.78, 5) is 35.4. The van der Waals surface area contributed by atoms with Crippen LogP contribution in [0.3, 0.4) is 0 Å². The molecule has 0 amide bonds. The van der Waals surface area contributed by atoms with E-state index in [1.807, 2.05) is 6.08 Å². The first kappa shape index (κ1) is 22.5. The van der Waals surface area contributed by atoms with Gasteiger partial charge in [0.25, 0.3) is 0 Å². The molecule has 33 heavy (non-hydrogen) atoms. The number of aliphatic hydroxyl groups is 1. The van der Waals surface area contributed by atoms with Crippen LogP contribution in [0.2, 0.25) is 0 Å². The van der Waals surface area contributed by atoms with Gasteiger partial charge in [-0.1, -0.05) is 38.2 Å². The predicted octanol–water partition coefficient (Wildman–Crippen LogP) is 3.13. The fourth-order valence-electron chi connectivity index (χ4n) is 8.19. The molecule has 1 heterocycles. The molecule has 0 bridgehead atoms. The molecule has 4 aliphatic carbocycles. The lowest BCUT2D eigenvalue weighted by atomic mass is 9.48. The summed E-state index contributed by atoms with van der Waals surface area (Å²) in [5, 5.41) is 28.3. The number of fused-ring (bicyclic) bond motifs is 3. The first-order valence-electron chi connectivity index (χ1n) is 11.9. The molecule has 5 rings (SSSR count). The van der Waals surface area contributed by atoms with E-state index >= 15 is 0 Å². The van der Waals surface area contributed by atoms with Gasteiger partial charge in [-0.3, -0.25) is 9.59 Å². The van der Waals surface area contributed by atoms with E-state index in [2.05, 4.69) is 26.8 Å². The highest BCUT2D eigenvalue weighted by molar-refractivity contribution is 5.85. The Morgan fingerprint density at radius 2 is 1.91 bits per heavy atom. The molecule has 1 unspecified atom stereocenters. The fraction of sp³-hybridized carbons (Fsp3) is 0.654. The zero-order chi connectivity index (χ0) is 23.9. The number of epoxide rings is 1. The van der Waals surface area contributed by atoms with Crippen molar-refractivity contribution in [2.45, 2.75) is 70.7 Å². The molecular formula is C26H32O7. The maximum absolute atomic E-state index is 13.1. The molecule has 3 N–H and O–H groups in total. The average molecular weight is 457 g/mol. The predicted molar refractivity (Wildman–Crippen MR) is 118 cm³/mol. The molecule has 5 aliphatic rings. The van der Waals surface area contributed by atoms with Crippen molar-refractivity contribution in [3.8, 4) is 0 Å². The van der Waals surface area contributed by atoms with E-state index in [0.717, 1.165) is 24.8 Å². The number of carboxylic acids is 2. The van der Waals surface area contributed by atoms with Crippen LogP contribution in [0, 0.1) is 34.5 Å². The summed E-state index contributed by atoms with van der Waals surface area (Å²) in [6.07, 6.45) is 8.55. The highest BCUT2D eigenvalue weighted by Gasteiger charge is 2.79. The number of Topliss-reactive ketones (excluding diaryl/α,β-unsaturated/α-hetero) is 1. The van der Waals surface area contributed by atoms with Crippen molar-refractivity contribution in [3.05, 3.63) is 35.5 Å². The molecule has 7 heteroatoms. The van der Waals surface area contributed by atoms with E-state index in [1.54, 1.807) is 12.2 Å². The molecule has 3 fully saturated rings. The van der Waals surface area contributed by atoms with E-state index in [1.165, 1.54) is 0 Å². The van der Waals surface area contributed by atoms with Crippen molar-refractivity contribution in [1.82, 2.24) is 0 Å². The van der Waals surface area contributed by atoms with Crippen LogP contribution in [0.4, 0.5) is 0 Å². The SMILES string of the molecule is C[C@@H]1C[C@H]2[C@@H]3CC=C4C=C(C(O)C(=O)O)C=C[C@]4(C)[C@@]34O[C@H]4C[C@]2(C)[C@H]1C(=O)CCC(=O)O. The lowest BCUT2D eigenvalue weighted by Gasteiger charge is -2.53. The first-order valence-corrected chi connectivity index (χ1v) is 11.9. The summed E-state index contributed by atoms with van der Waals surface area (Å²) in [6.45, 7) is 6.47. The number of hydrogen-bond acceptors (Lipinski definition) is 5. The van der Waals surface area contributed by atoms with Crippen LogP contribution >= 0.6 is 0 Å². The van der Waals surface area contributed by atoms with Crippen molar-refractivity contribution < 1.29 is 34.4 Å². The monoisotopic (exact) mass is 456 g/mol. The number of ether oxygens (including phenoxy) is 1. The number of carbonyl (C=O) groups excluding carboxylic acids is 1. The minimum Gasteiger partial charge on any atom is -0.481 e. The van der Waals surface area contributed by atoms with Gasteiger partial charge in [-0.05, 0) is 60.5 Å². The van der Waals surface area contributed by atoms with Crippen LogP contribution in [0.25, 0.3) is 0 Å². The number of ketones is 1. The van der Waals surface area contributed by atoms with Crippen LogP contribution in [0.15, 0.2) is 35.5 Å². The summed E-state index contributed by atoms with van der Waals surface area (Å²) in [5.41, 5.74) is 0.343. The first-order chi connectivity index (χ1) is 15.5. The van der Waals surface area contributed by atoms with Crippen LogP contribution in [0.5, 0.6) is 0 Å². The van der Waals surface area contributed by atoms with Crippen LogP contribution < -0.4 is 0 Å². The molecule has 0 aromatic heterocycles. The Balaban J connectivity index is 1.47. The van der Waals surface area contributed by atoms with Gasteiger partial charge in [0.1, 0.15) is 11.4 Å². The van der Waals surface area contributed by atoms with Gasteiger partial charge in [0.05, 0.1) is 12.5 Å². The van der Waals surface area contributed by atoms with E-state index in [-0.39, 0.29) is 53.5 Å². The van der Waals surface area contributed by atoms with E-state index in [0.29, 0.717) is 11.5 Å². The van der Waals surface area contributed by atoms with E-state index in [9.17, 15) is 24.6 Å². The molecule has 1 aliphatic heterocycles. The van der Waals surface area contributed by atoms with Crippen molar-refractivity contribution in [2.24, 2.45) is 34.5 Å². The normalized spacial score (nSPS) is 45.5. The van der Waals surface area contributed by atoms with Crippen molar-refractivity contribution in [2.75, 3.05) is 0 Å². The Kier molecular flexibility index (Phi) is 4.87. The topological polar surface area (TPSA) is 124 Å². The minimum atomic E-state index is -1.55. The van der Waals surface area contributed by atoms with E-state index in [4.69, 9.17) is 9.84 Å². The van der Waals surface area contributed by atoms with Crippen LogP contribution in [-0.4, -0.2) is 50.9 Å². The van der Waals surface area contributed by atoms with Gasteiger partial charge in [0, 0.05) is 17.8 Å². The molecule has 0 aromatic carbocycles. The molecule has 0 radical (unpaired) electrons. The van der Waals surface area contributed by atoms with Gasteiger partial charge >= 0.3 is 11.9 Å². The lowest BCUT2D eigenvalue weighted by molar-refractivity contribution is -0.144. The third-order valence-corrected chi connectivity index (χ3v) is 9.59. The zero-order valence-corrected chi connectivity index (χ0v) is 19.3. The molecule has 2 saturated carbocycles. The molecular weight excluding hydrogens is 424 g/mol. The van der Waals surface area contributed by atoms with E-state index < -0.39 is 23.5 Å². The standard InChI is InChI=1S/C26H32O7/c1-13-10-17-16-5-4-15-11-14(22(30)23(31)32)8-9-25(15,3)26(16)19(33-26)12-24(17,2)21(13)18(27)6-7-20(28)29/h4,8-9,11,13,16-17,19,21-22,30H,5-7,10,12H2,1-3H3,(H,28,29)(H,31,32)/t13-,16+,17+,19+,21-,22?,24+,25+,26-/m1/s1. The second-order valence-corrected chi connectivity index (χ2v) is 11.2. The third-order valence-electron chi connectivity index (χ3n) is 9.59. The largest absolute Gasteiger partial charge is 0.481 e. The van der Waals surface area contributed by atoms with Crippen molar-refractivity contribution in [1.29, 1.82) is 0 Å². The number of allylic oxidation sites excluding steroid dienone is 2. The minimum absolute atomic E-state index is 0.00141. The van der Waals surface area contributed by atoms with Gasteiger partial charge in [0.15, 0.2) is 6.10 Å². The maximum atomic E-state index is 13.1.